The van der Waals surface area contributed by atoms with Gasteiger partial charge in [0.25, 0.3) is 0 Å². The van der Waals surface area contributed by atoms with E-state index in [2.05, 4.69) is 25.6 Å². The number of aromatic nitrogens is 3. The minimum absolute atomic E-state index is 0.0770. The zero-order chi connectivity index (χ0) is 31.6. The van der Waals surface area contributed by atoms with Crippen LogP contribution in [0.15, 0.2) is 60.9 Å². The molecule has 2 unspecified atom stereocenters. The normalized spacial score (nSPS) is 15.6. The summed E-state index contributed by atoms with van der Waals surface area (Å²) >= 11 is 0. The van der Waals surface area contributed by atoms with Crippen molar-refractivity contribution in [3.05, 3.63) is 66.7 Å². The van der Waals surface area contributed by atoms with Crippen LogP contribution in [0.3, 0.4) is 0 Å². The van der Waals surface area contributed by atoms with Gasteiger partial charge in [-0.3, -0.25) is 10.2 Å². The molecule has 2 aromatic carbocycles. The first-order valence-electron chi connectivity index (χ1n) is 14.7. The smallest absolute Gasteiger partial charge is 0.350 e. The van der Waals surface area contributed by atoms with Crippen molar-refractivity contribution in [3.8, 4) is 22.4 Å². The summed E-state index contributed by atoms with van der Waals surface area (Å²) in [4.78, 5) is 51.0. The summed E-state index contributed by atoms with van der Waals surface area (Å²) in [6.45, 7) is 8.28. The van der Waals surface area contributed by atoms with Gasteiger partial charge in [0.15, 0.2) is 0 Å². The number of amides is 3. The number of hydrogen-bond donors (Lipinski definition) is 5. The molecule has 0 spiro atoms. The van der Waals surface area contributed by atoms with Crippen LogP contribution in [0.2, 0.25) is 0 Å². The second-order valence-corrected chi connectivity index (χ2v) is 12.1. The molecule has 0 aliphatic carbocycles. The van der Waals surface area contributed by atoms with Crippen molar-refractivity contribution in [1.82, 2.24) is 25.2 Å². The number of nitrogens with zero attached hydrogens (tertiary/aromatic N) is 3. The van der Waals surface area contributed by atoms with E-state index in [9.17, 15) is 14.4 Å². The van der Waals surface area contributed by atoms with Crippen LogP contribution in [0.25, 0.3) is 33.2 Å². The molecule has 1 aliphatic rings. The van der Waals surface area contributed by atoms with Gasteiger partial charge in [-0.05, 0) is 74.2 Å². The summed E-state index contributed by atoms with van der Waals surface area (Å²) in [5.74, 6) is -1.96. The van der Waals surface area contributed by atoms with Crippen LogP contribution in [-0.2, 0) is 9.59 Å². The Labute approximate surface area is 255 Å². The summed E-state index contributed by atoms with van der Waals surface area (Å²) in [7, 11) is 0. The Kier molecular flexibility index (Phi) is 8.48. The molecule has 4 aromatic rings. The first-order chi connectivity index (χ1) is 20.9. The van der Waals surface area contributed by atoms with Gasteiger partial charge < -0.3 is 25.6 Å². The van der Waals surface area contributed by atoms with Crippen molar-refractivity contribution in [3.63, 3.8) is 0 Å². The number of carboxylic acids is 1. The third-order valence-electron chi connectivity index (χ3n) is 7.75. The highest BCUT2D eigenvalue weighted by Crippen LogP contribution is 2.33. The molecule has 5 rings (SSSR count). The number of likely N-dealkylation sites (tertiary alicyclic amines) is 1. The third kappa shape index (κ3) is 6.46. The number of aliphatic carboxylic acids is 1. The molecule has 2 atom stereocenters. The molecule has 11 nitrogen and oxygen atoms in total. The minimum Gasteiger partial charge on any atom is -0.477 e. The molecule has 1 saturated heterocycles. The molecule has 228 valence electrons. The number of aromatic amines is 1. The SMILES string of the molecule is CCC(C(=N)C(=O)O)C(=O)Nc1nccc2cc(-c3ccc(-c4cnc(C5CCCN5C(=O)NC(C)(C)C)[nH]4)cc3)ccc12. The highest BCUT2D eigenvalue weighted by atomic mass is 16.4. The molecule has 3 heterocycles. The maximum atomic E-state index is 12.9. The lowest BCUT2D eigenvalue weighted by atomic mass is 9.98. The number of rotatable bonds is 8. The lowest BCUT2D eigenvalue weighted by Gasteiger charge is -2.28. The van der Waals surface area contributed by atoms with Crippen LogP contribution >= 0.6 is 0 Å². The largest absolute Gasteiger partial charge is 0.477 e. The van der Waals surface area contributed by atoms with Gasteiger partial charge >= 0.3 is 12.0 Å². The highest BCUT2D eigenvalue weighted by molar-refractivity contribution is 6.39. The van der Waals surface area contributed by atoms with E-state index < -0.39 is 23.5 Å². The number of carbonyl (C=O) groups is 3. The molecule has 0 radical (unpaired) electrons. The number of imidazole rings is 1. The zero-order valence-electron chi connectivity index (χ0n) is 25.3. The second kappa shape index (κ2) is 12.3. The Bertz CT molecular complexity index is 1720. The summed E-state index contributed by atoms with van der Waals surface area (Å²) in [5.41, 5.74) is 2.87. The van der Waals surface area contributed by atoms with Crippen molar-refractivity contribution >= 4 is 40.2 Å². The molecule has 11 heteroatoms. The van der Waals surface area contributed by atoms with E-state index in [0.29, 0.717) is 17.7 Å². The lowest BCUT2D eigenvalue weighted by Crippen LogP contribution is -2.48. The van der Waals surface area contributed by atoms with Crippen LogP contribution < -0.4 is 10.6 Å². The van der Waals surface area contributed by atoms with E-state index in [-0.39, 0.29) is 24.0 Å². The van der Waals surface area contributed by atoms with Gasteiger partial charge in [0.1, 0.15) is 17.4 Å². The number of H-pyrrole nitrogens is 1. The number of fused-ring (bicyclic) bond motifs is 1. The minimum atomic E-state index is -1.41. The van der Waals surface area contributed by atoms with Gasteiger partial charge in [0.05, 0.1) is 23.9 Å². The molecule has 1 fully saturated rings. The van der Waals surface area contributed by atoms with Crippen molar-refractivity contribution in [2.75, 3.05) is 11.9 Å². The molecular weight excluding hydrogens is 558 g/mol. The zero-order valence-corrected chi connectivity index (χ0v) is 25.3. The summed E-state index contributed by atoms with van der Waals surface area (Å²) in [6.07, 6.45) is 5.37. The maximum absolute atomic E-state index is 12.9. The Morgan fingerprint density at radius 3 is 2.45 bits per heavy atom. The van der Waals surface area contributed by atoms with Crippen LogP contribution in [-0.4, -0.2) is 60.7 Å². The standard InChI is InChI=1S/C33H37N7O4/c1-5-23(27(34)31(42)43)30(41)38-28-24-13-12-21(17-22(24)14-15-35-28)19-8-10-20(11-9-19)25-18-36-29(37-25)26-7-6-16-40(26)32(44)39-33(2,3)4/h8-15,17-18,23,26,34H,5-7,16H2,1-4H3,(H,36,37)(H,39,44)(H,42,43)(H,35,38,41). The molecular formula is C33H37N7O4. The molecule has 2 aromatic heterocycles. The fraction of sp³-hybridized carbons (Fsp3) is 0.333. The number of pyridine rings is 1. The van der Waals surface area contributed by atoms with Crippen LogP contribution in [0.5, 0.6) is 0 Å². The molecule has 1 aliphatic heterocycles. The van der Waals surface area contributed by atoms with Gasteiger partial charge in [-0.1, -0.05) is 43.3 Å². The maximum Gasteiger partial charge on any atom is 0.350 e. The quantitative estimate of drug-likeness (QED) is 0.157. The van der Waals surface area contributed by atoms with Crippen LogP contribution in [0, 0.1) is 11.3 Å². The Morgan fingerprint density at radius 1 is 1.07 bits per heavy atom. The van der Waals surface area contributed by atoms with E-state index in [1.807, 2.05) is 80.4 Å². The van der Waals surface area contributed by atoms with Crippen molar-refractivity contribution < 1.29 is 19.5 Å². The van der Waals surface area contributed by atoms with Crippen molar-refractivity contribution in [2.24, 2.45) is 5.92 Å². The van der Waals surface area contributed by atoms with E-state index in [1.165, 1.54) is 0 Å². The number of benzene rings is 2. The number of carboxylic acid groups (broad SMARTS) is 1. The highest BCUT2D eigenvalue weighted by Gasteiger charge is 2.33. The second-order valence-electron chi connectivity index (χ2n) is 12.1. The fourth-order valence-corrected chi connectivity index (χ4v) is 5.51. The first kappa shape index (κ1) is 30.4. The monoisotopic (exact) mass is 595 g/mol. The Hall–Kier alpha value is -5.06. The summed E-state index contributed by atoms with van der Waals surface area (Å²) < 4.78 is 0. The lowest BCUT2D eigenvalue weighted by molar-refractivity contribution is -0.130. The average molecular weight is 596 g/mol. The number of carbonyl (C=O) groups excluding carboxylic acids is 2. The third-order valence-corrected chi connectivity index (χ3v) is 7.75. The molecule has 3 amide bonds. The molecule has 0 bridgehead atoms. The summed E-state index contributed by atoms with van der Waals surface area (Å²) in [6, 6.07) is 15.6. The topological polar surface area (TPSA) is 164 Å². The van der Waals surface area contributed by atoms with E-state index in [4.69, 9.17) is 10.5 Å². The van der Waals surface area contributed by atoms with Crippen molar-refractivity contribution in [1.29, 1.82) is 5.41 Å². The first-order valence-corrected chi connectivity index (χ1v) is 14.7. The Balaban J connectivity index is 1.32. The van der Waals surface area contributed by atoms with Gasteiger partial charge in [-0.15, -0.1) is 0 Å². The number of nitrogens with one attached hydrogen (secondary N) is 4. The molecule has 5 N–H and O–H groups in total. The van der Waals surface area contributed by atoms with Gasteiger partial charge in [0.2, 0.25) is 5.91 Å². The predicted octanol–water partition coefficient (Wildman–Crippen LogP) is 6.01. The number of hydrogen-bond acceptors (Lipinski definition) is 6. The number of anilines is 1. The van der Waals surface area contributed by atoms with Gasteiger partial charge in [-0.2, -0.15) is 0 Å². The van der Waals surface area contributed by atoms with Gasteiger partial charge in [-0.25, -0.2) is 19.6 Å². The number of urea groups is 1. The molecule has 0 saturated carbocycles. The van der Waals surface area contributed by atoms with Gasteiger partial charge in [0, 0.05) is 23.7 Å². The Morgan fingerprint density at radius 2 is 1.77 bits per heavy atom. The average Bonchev–Trinajstić information content (AvgIpc) is 3.67. The van der Waals surface area contributed by atoms with E-state index in [1.54, 1.807) is 13.1 Å². The predicted molar refractivity (Wildman–Crippen MR) is 169 cm³/mol. The fourth-order valence-electron chi connectivity index (χ4n) is 5.51. The van der Waals surface area contributed by atoms with Crippen LogP contribution in [0.4, 0.5) is 10.6 Å². The van der Waals surface area contributed by atoms with E-state index >= 15 is 0 Å². The van der Waals surface area contributed by atoms with Crippen molar-refractivity contribution in [2.45, 2.75) is 58.5 Å². The summed E-state index contributed by atoms with van der Waals surface area (Å²) in [5, 5.41) is 24.2. The molecule has 44 heavy (non-hydrogen) atoms. The van der Waals surface area contributed by atoms with Crippen LogP contribution in [0.1, 0.15) is 58.8 Å². The van der Waals surface area contributed by atoms with E-state index in [0.717, 1.165) is 46.4 Å².